The molecular formula is C22H30ClN5O5S. The van der Waals surface area contributed by atoms with Crippen LogP contribution >= 0.6 is 11.6 Å². The Hall–Kier alpha value is -2.44. The van der Waals surface area contributed by atoms with E-state index in [2.05, 4.69) is 15.0 Å². The summed E-state index contributed by atoms with van der Waals surface area (Å²) in [4.78, 5) is 30.3. The number of likely N-dealkylation sites (N-methyl/N-ethyl adjacent to an activating group) is 1. The van der Waals surface area contributed by atoms with Crippen LogP contribution in [-0.4, -0.2) is 76.3 Å². The maximum Gasteiger partial charge on any atom is 0.240 e. The summed E-state index contributed by atoms with van der Waals surface area (Å²) < 4.78 is 34.1. The number of aromatic nitrogens is 1. The first-order valence-corrected chi connectivity index (χ1v) is 12.9. The number of sulfonamides is 1. The van der Waals surface area contributed by atoms with Gasteiger partial charge in [0.2, 0.25) is 15.9 Å². The predicted octanol–water partition coefficient (Wildman–Crippen LogP) is 1.51. The third-order valence-electron chi connectivity index (χ3n) is 5.34. The van der Waals surface area contributed by atoms with E-state index in [0.717, 1.165) is 5.69 Å². The lowest BCUT2D eigenvalue weighted by Gasteiger charge is -2.34. The molecule has 1 aliphatic heterocycles. The maximum atomic E-state index is 12.9. The number of anilines is 1. The Balaban J connectivity index is 2.03. The third-order valence-corrected chi connectivity index (χ3v) is 7.09. The molecule has 34 heavy (non-hydrogen) atoms. The quantitative estimate of drug-likeness (QED) is 0.237. The van der Waals surface area contributed by atoms with Crippen molar-refractivity contribution in [3.05, 3.63) is 30.0 Å². The fourth-order valence-electron chi connectivity index (χ4n) is 3.72. The molecule has 3 N–H and O–H groups in total. The van der Waals surface area contributed by atoms with E-state index in [1.165, 1.54) is 11.0 Å². The lowest BCUT2D eigenvalue weighted by atomic mass is 10.1. The minimum absolute atomic E-state index is 0.0999. The van der Waals surface area contributed by atoms with Crippen LogP contribution in [0.15, 0.2) is 29.2 Å². The first kappa shape index (κ1) is 26.2. The summed E-state index contributed by atoms with van der Waals surface area (Å²) in [5, 5.41) is 3.17. The number of carbonyl (C=O) groups excluding carboxylic acids is 2. The largest absolute Gasteiger partial charge is 0.493 e. The molecule has 3 rings (SSSR count). The van der Waals surface area contributed by atoms with Gasteiger partial charge in [-0.25, -0.2) is 13.1 Å². The van der Waals surface area contributed by atoms with E-state index in [4.69, 9.17) is 16.3 Å². The molecule has 1 aromatic carbocycles. The summed E-state index contributed by atoms with van der Waals surface area (Å²) in [5.41, 5.74) is 2.43. The maximum absolute atomic E-state index is 12.9. The fourth-order valence-corrected chi connectivity index (χ4v) is 5.01. The minimum atomic E-state index is -3.74. The fraction of sp³-hybridized carbons (Fsp3) is 0.455. The van der Waals surface area contributed by atoms with Crippen molar-refractivity contribution in [3.8, 4) is 17.0 Å². The molecule has 0 saturated heterocycles. The standard InChI is InChI=1S/C22H30ClN5O5S/c1-4-33-20-6-5-15(34(31,32)25-8-9-27(2)3)11-16(20)17-12-19-18(26-17)14-24-21(13-23)28(19)22(30)7-10-29/h5-6,10-12,21,24-26H,4,7-9,13-14H2,1-3H3. The SMILES string of the molecule is CCOc1ccc(S(=O)(=O)NCCN(C)C)cc1-c1cc2c([nH]1)CNC(CCl)N2C(=O)CC=O. The van der Waals surface area contributed by atoms with Gasteiger partial charge in [0.05, 0.1) is 40.9 Å². The second-order valence-corrected chi connectivity index (χ2v) is 10.1. The van der Waals surface area contributed by atoms with Gasteiger partial charge in [0.15, 0.2) is 0 Å². The van der Waals surface area contributed by atoms with Crippen LogP contribution in [-0.2, 0) is 26.2 Å². The van der Waals surface area contributed by atoms with Gasteiger partial charge in [-0.1, -0.05) is 0 Å². The zero-order chi connectivity index (χ0) is 24.9. The van der Waals surface area contributed by atoms with Gasteiger partial charge >= 0.3 is 0 Å². The van der Waals surface area contributed by atoms with E-state index in [0.29, 0.717) is 48.7 Å². The Labute approximate surface area is 204 Å². The Morgan fingerprint density at radius 3 is 2.76 bits per heavy atom. The number of benzene rings is 1. The minimum Gasteiger partial charge on any atom is -0.493 e. The van der Waals surface area contributed by atoms with Crippen LogP contribution in [0.2, 0.25) is 0 Å². The van der Waals surface area contributed by atoms with Gasteiger partial charge in [0, 0.05) is 25.2 Å². The molecule has 0 saturated carbocycles. The Kier molecular flexibility index (Phi) is 8.72. The number of aromatic amines is 1. The van der Waals surface area contributed by atoms with Gasteiger partial charge in [-0.2, -0.15) is 0 Å². The highest BCUT2D eigenvalue weighted by atomic mass is 35.5. The Morgan fingerprint density at radius 1 is 1.35 bits per heavy atom. The topological polar surface area (TPSA) is 124 Å². The molecule has 1 unspecified atom stereocenters. The summed E-state index contributed by atoms with van der Waals surface area (Å²) >= 11 is 6.06. The van der Waals surface area contributed by atoms with Gasteiger partial charge in [0.1, 0.15) is 18.2 Å². The van der Waals surface area contributed by atoms with Crippen molar-refractivity contribution in [1.82, 2.24) is 19.9 Å². The highest BCUT2D eigenvalue weighted by Crippen LogP contribution is 2.37. The van der Waals surface area contributed by atoms with Crippen molar-refractivity contribution in [2.45, 2.75) is 31.0 Å². The summed E-state index contributed by atoms with van der Waals surface area (Å²) in [6.07, 6.45) is -0.185. The average Bonchev–Trinajstić information content (AvgIpc) is 3.22. The number of nitrogens with one attached hydrogen (secondary N) is 3. The average molecular weight is 512 g/mol. The van der Waals surface area contributed by atoms with Crippen LogP contribution in [0.5, 0.6) is 5.75 Å². The number of amides is 1. The number of halogens is 1. The van der Waals surface area contributed by atoms with Crippen LogP contribution in [0.4, 0.5) is 5.69 Å². The molecule has 1 amide bonds. The molecule has 0 aliphatic carbocycles. The summed E-state index contributed by atoms with van der Waals surface area (Å²) in [6.45, 7) is 3.48. The third kappa shape index (κ3) is 5.78. The molecule has 1 atom stereocenters. The van der Waals surface area contributed by atoms with E-state index >= 15 is 0 Å². The van der Waals surface area contributed by atoms with Gasteiger partial charge in [0.25, 0.3) is 0 Å². The highest BCUT2D eigenvalue weighted by molar-refractivity contribution is 7.89. The summed E-state index contributed by atoms with van der Waals surface area (Å²) in [5.74, 6) is 0.258. The molecule has 0 bridgehead atoms. The normalized spacial score (nSPS) is 15.9. The first-order valence-electron chi connectivity index (χ1n) is 10.9. The number of hydrogen-bond donors (Lipinski definition) is 3. The highest BCUT2D eigenvalue weighted by Gasteiger charge is 2.32. The smallest absolute Gasteiger partial charge is 0.240 e. The molecule has 2 aromatic rings. The molecule has 0 radical (unpaired) electrons. The second kappa shape index (κ2) is 11.3. The molecule has 0 fully saturated rings. The van der Waals surface area contributed by atoms with Crippen molar-refractivity contribution < 1.29 is 22.7 Å². The van der Waals surface area contributed by atoms with Crippen molar-refractivity contribution in [3.63, 3.8) is 0 Å². The van der Waals surface area contributed by atoms with E-state index in [1.54, 1.807) is 18.2 Å². The Bertz CT molecular complexity index is 1130. The van der Waals surface area contributed by atoms with Crippen LogP contribution < -0.4 is 19.7 Å². The predicted molar refractivity (Wildman–Crippen MR) is 131 cm³/mol. The molecular weight excluding hydrogens is 482 g/mol. The number of rotatable bonds is 11. The molecule has 0 spiro atoms. The molecule has 1 aromatic heterocycles. The molecule has 186 valence electrons. The number of fused-ring (bicyclic) bond motifs is 1. The van der Waals surface area contributed by atoms with Gasteiger partial charge in [-0.3, -0.25) is 15.0 Å². The van der Waals surface area contributed by atoms with Gasteiger partial charge in [-0.05, 0) is 45.3 Å². The van der Waals surface area contributed by atoms with E-state index in [-0.39, 0.29) is 29.6 Å². The monoisotopic (exact) mass is 511 g/mol. The lowest BCUT2D eigenvalue weighted by molar-refractivity contribution is -0.122. The lowest BCUT2D eigenvalue weighted by Crippen LogP contribution is -2.53. The number of carbonyl (C=O) groups is 2. The van der Waals surface area contributed by atoms with Crippen LogP contribution in [0.1, 0.15) is 19.0 Å². The van der Waals surface area contributed by atoms with E-state index in [9.17, 15) is 18.0 Å². The molecule has 10 nitrogen and oxygen atoms in total. The second-order valence-electron chi connectivity index (χ2n) is 8.02. The van der Waals surface area contributed by atoms with Crippen molar-refractivity contribution in [2.75, 3.05) is 44.6 Å². The van der Waals surface area contributed by atoms with Gasteiger partial charge in [-0.15, -0.1) is 11.6 Å². The zero-order valence-corrected chi connectivity index (χ0v) is 21.0. The summed E-state index contributed by atoms with van der Waals surface area (Å²) in [6, 6.07) is 6.42. The van der Waals surface area contributed by atoms with Crippen LogP contribution in [0, 0.1) is 0 Å². The zero-order valence-electron chi connectivity index (χ0n) is 19.4. The number of H-pyrrole nitrogens is 1. The van der Waals surface area contributed by atoms with Gasteiger partial charge < -0.3 is 19.4 Å². The summed E-state index contributed by atoms with van der Waals surface area (Å²) in [7, 11) is -0.0155. The molecule has 12 heteroatoms. The molecule has 1 aliphatic rings. The number of alkyl halides is 1. The van der Waals surface area contributed by atoms with Crippen LogP contribution in [0.25, 0.3) is 11.3 Å². The van der Waals surface area contributed by atoms with Crippen molar-refractivity contribution in [2.24, 2.45) is 0 Å². The molecule has 2 heterocycles. The van der Waals surface area contributed by atoms with E-state index < -0.39 is 16.2 Å². The Morgan fingerprint density at radius 2 is 2.12 bits per heavy atom. The first-order chi connectivity index (χ1) is 16.2. The van der Waals surface area contributed by atoms with Crippen molar-refractivity contribution in [1.29, 1.82) is 0 Å². The van der Waals surface area contributed by atoms with Crippen molar-refractivity contribution >= 4 is 39.5 Å². The number of aldehydes is 1. The van der Waals surface area contributed by atoms with Crippen LogP contribution in [0.3, 0.4) is 0 Å². The number of nitrogens with zero attached hydrogens (tertiary/aromatic N) is 2. The number of ether oxygens (including phenoxy) is 1. The number of hydrogen-bond acceptors (Lipinski definition) is 7. The van der Waals surface area contributed by atoms with E-state index in [1.807, 2.05) is 25.9 Å².